The van der Waals surface area contributed by atoms with E-state index >= 15 is 0 Å². The van der Waals surface area contributed by atoms with Crippen LogP contribution >= 0.6 is 0 Å². The summed E-state index contributed by atoms with van der Waals surface area (Å²) < 4.78 is 0. The van der Waals surface area contributed by atoms with Gasteiger partial charge in [0.2, 0.25) is 0 Å². The van der Waals surface area contributed by atoms with Gasteiger partial charge in [0.25, 0.3) is 0 Å². The Balaban J connectivity index is 2.31. The minimum Gasteiger partial charge on any atom is -0.393 e. The lowest BCUT2D eigenvalue weighted by molar-refractivity contribution is 0.0868. The average molecular weight is 212 g/mol. The second kappa shape index (κ2) is 6.52. The average Bonchev–Trinajstić information content (AvgIpc) is 2.21. The number of hydrogen-bond donors (Lipinski definition) is 1. The summed E-state index contributed by atoms with van der Waals surface area (Å²) >= 11 is 0. The number of aliphatic hydroxyl groups is 1. The van der Waals surface area contributed by atoms with Crippen molar-refractivity contribution in [2.24, 2.45) is 17.8 Å². The van der Waals surface area contributed by atoms with Crippen molar-refractivity contribution in [2.45, 2.75) is 71.8 Å². The quantitative estimate of drug-likeness (QED) is 0.730. The molecule has 15 heavy (non-hydrogen) atoms. The van der Waals surface area contributed by atoms with Crippen LogP contribution in [0.25, 0.3) is 0 Å². The highest BCUT2D eigenvalue weighted by molar-refractivity contribution is 4.77. The van der Waals surface area contributed by atoms with Crippen LogP contribution in [0.2, 0.25) is 0 Å². The van der Waals surface area contributed by atoms with Crippen LogP contribution in [0.4, 0.5) is 0 Å². The molecule has 0 bridgehead atoms. The molecule has 1 N–H and O–H groups in total. The molecule has 0 spiro atoms. The zero-order valence-electron chi connectivity index (χ0n) is 10.7. The molecule has 0 aliphatic heterocycles. The molecule has 1 saturated carbocycles. The van der Waals surface area contributed by atoms with E-state index < -0.39 is 0 Å². The maximum Gasteiger partial charge on any atom is 0.0540 e. The van der Waals surface area contributed by atoms with E-state index in [2.05, 4.69) is 20.8 Å². The predicted molar refractivity (Wildman–Crippen MR) is 65.8 cm³/mol. The van der Waals surface area contributed by atoms with E-state index in [0.29, 0.717) is 0 Å². The lowest BCUT2D eigenvalue weighted by atomic mass is 9.75. The number of hydrogen-bond acceptors (Lipinski definition) is 1. The second-order valence-corrected chi connectivity index (χ2v) is 5.71. The fourth-order valence-electron chi connectivity index (χ4n) is 2.89. The summed E-state index contributed by atoms with van der Waals surface area (Å²) in [7, 11) is 0. The van der Waals surface area contributed by atoms with E-state index in [1.165, 1.54) is 32.1 Å². The summed E-state index contributed by atoms with van der Waals surface area (Å²) in [4.78, 5) is 0. The molecule has 0 aromatic rings. The van der Waals surface area contributed by atoms with Crippen molar-refractivity contribution in [1.82, 2.24) is 0 Å². The van der Waals surface area contributed by atoms with Gasteiger partial charge >= 0.3 is 0 Å². The molecule has 90 valence electrons. The molecule has 0 aromatic heterocycles. The molecule has 1 heteroatoms. The van der Waals surface area contributed by atoms with Crippen molar-refractivity contribution in [3.63, 3.8) is 0 Å². The van der Waals surface area contributed by atoms with Crippen LogP contribution in [0.15, 0.2) is 0 Å². The Kier molecular flexibility index (Phi) is 5.66. The fourth-order valence-corrected chi connectivity index (χ4v) is 2.89. The van der Waals surface area contributed by atoms with E-state index in [-0.39, 0.29) is 6.10 Å². The van der Waals surface area contributed by atoms with Gasteiger partial charge in [0.05, 0.1) is 6.10 Å². The molecule has 1 rings (SSSR count). The monoisotopic (exact) mass is 212 g/mol. The van der Waals surface area contributed by atoms with Gasteiger partial charge in [-0.25, -0.2) is 0 Å². The summed E-state index contributed by atoms with van der Waals surface area (Å²) in [5.41, 5.74) is 0. The summed E-state index contributed by atoms with van der Waals surface area (Å²) in [6.45, 7) is 6.96. The summed E-state index contributed by atoms with van der Waals surface area (Å²) in [6, 6.07) is 0. The normalized spacial score (nSPS) is 29.4. The van der Waals surface area contributed by atoms with Crippen molar-refractivity contribution in [1.29, 1.82) is 0 Å². The van der Waals surface area contributed by atoms with E-state index in [1.807, 2.05) is 0 Å². The SMILES string of the molecule is CCC(CCC(C)C)C1CCC(O)CC1. The zero-order chi connectivity index (χ0) is 11.3. The van der Waals surface area contributed by atoms with E-state index in [0.717, 1.165) is 30.6 Å². The Morgan fingerprint density at radius 1 is 1.07 bits per heavy atom. The van der Waals surface area contributed by atoms with Gasteiger partial charge < -0.3 is 5.11 Å². The molecule has 1 aliphatic rings. The topological polar surface area (TPSA) is 20.2 Å². The fraction of sp³-hybridized carbons (Fsp3) is 1.00. The molecular weight excluding hydrogens is 184 g/mol. The van der Waals surface area contributed by atoms with Crippen LogP contribution in [-0.4, -0.2) is 11.2 Å². The molecule has 1 atom stereocenters. The second-order valence-electron chi connectivity index (χ2n) is 5.71. The molecule has 0 aromatic carbocycles. The number of aliphatic hydroxyl groups excluding tert-OH is 1. The Hall–Kier alpha value is -0.0400. The van der Waals surface area contributed by atoms with E-state index in [1.54, 1.807) is 0 Å². The third-order valence-corrected chi connectivity index (χ3v) is 4.05. The van der Waals surface area contributed by atoms with Crippen LogP contribution < -0.4 is 0 Å². The van der Waals surface area contributed by atoms with Crippen LogP contribution in [-0.2, 0) is 0 Å². The Labute approximate surface area is 95.3 Å². The first-order valence-corrected chi connectivity index (χ1v) is 6.81. The zero-order valence-corrected chi connectivity index (χ0v) is 10.7. The first kappa shape index (κ1) is 13.0. The predicted octanol–water partition coefficient (Wildman–Crippen LogP) is 4.00. The Bertz CT molecular complexity index is 157. The lowest BCUT2D eigenvalue weighted by Gasteiger charge is -2.32. The van der Waals surface area contributed by atoms with Crippen molar-refractivity contribution in [3.05, 3.63) is 0 Å². The highest BCUT2D eigenvalue weighted by atomic mass is 16.3. The van der Waals surface area contributed by atoms with Crippen molar-refractivity contribution in [2.75, 3.05) is 0 Å². The first-order valence-electron chi connectivity index (χ1n) is 6.81. The van der Waals surface area contributed by atoms with Gasteiger partial charge in [-0.3, -0.25) is 0 Å². The van der Waals surface area contributed by atoms with Crippen molar-refractivity contribution < 1.29 is 5.11 Å². The minimum absolute atomic E-state index is 0.00357. The lowest BCUT2D eigenvalue weighted by Crippen LogP contribution is -2.24. The van der Waals surface area contributed by atoms with Crippen LogP contribution in [0.1, 0.15) is 65.7 Å². The Morgan fingerprint density at radius 3 is 2.13 bits per heavy atom. The van der Waals surface area contributed by atoms with Gasteiger partial charge in [0.15, 0.2) is 0 Å². The van der Waals surface area contributed by atoms with Gasteiger partial charge in [-0.05, 0) is 49.9 Å². The molecule has 1 fully saturated rings. The number of rotatable bonds is 5. The van der Waals surface area contributed by atoms with Gasteiger partial charge in [-0.1, -0.05) is 33.6 Å². The molecule has 1 unspecified atom stereocenters. The van der Waals surface area contributed by atoms with Gasteiger partial charge in [-0.15, -0.1) is 0 Å². The van der Waals surface area contributed by atoms with E-state index in [4.69, 9.17) is 0 Å². The van der Waals surface area contributed by atoms with Crippen molar-refractivity contribution in [3.8, 4) is 0 Å². The minimum atomic E-state index is 0.00357. The highest BCUT2D eigenvalue weighted by Gasteiger charge is 2.25. The van der Waals surface area contributed by atoms with Gasteiger partial charge in [0.1, 0.15) is 0 Å². The van der Waals surface area contributed by atoms with Crippen LogP contribution in [0.5, 0.6) is 0 Å². The first-order chi connectivity index (χ1) is 7.13. The van der Waals surface area contributed by atoms with Crippen molar-refractivity contribution >= 4 is 0 Å². The highest BCUT2D eigenvalue weighted by Crippen LogP contribution is 2.34. The van der Waals surface area contributed by atoms with Crippen LogP contribution in [0.3, 0.4) is 0 Å². The standard InChI is InChI=1S/C14H28O/c1-4-12(6-5-11(2)3)13-7-9-14(15)10-8-13/h11-15H,4-10H2,1-3H3. The largest absolute Gasteiger partial charge is 0.393 e. The molecule has 0 radical (unpaired) electrons. The molecule has 0 saturated heterocycles. The third kappa shape index (κ3) is 4.55. The molecule has 1 nitrogen and oxygen atoms in total. The third-order valence-electron chi connectivity index (χ3n) is 4.05. The summed E-state index contributed by atoms with van der Waals surface area (Å²) in [5.74, 6) is 2.66. The molecule has 1 aliphatic carbocycles. The van der Waals surface area contributed by atoms with Gasteiger partial charge in [0, 0.05) is 0 Å². The van der Waals surface area contributed by atoms with Gasteiger partial charge in [-0.2, -0.15) is 0 Å². The Morgan fingerprint density at radius 2 is 1.67 bits per heavy atom. The maximum absolute atomic E-state index is 9.50. The molecule has 0 amide bonds. The summed E-state index contributed by atoms with van der Waals surface area (Å²) in [5, 5.41) is 9.50. The maximum atomic E-state index is 9.50. The van der Waals surface area contributed by atoms with Crippen LogP contribution in [0, 0.1) is 17.8 Å². The van der Waals surface area contributed by atoms with E-state index in [9.17, 15) is 5.11 Å². The summed E-state index contributed by atoms with van der Waals surface area (Å²) in [6.07, 6.45) is 8.71. The smallest absolute Gasteiger partial charge is 0.0540 e. The molecular formula is C14H28O. The molecule has 0 heterocycles.